The molecule has 2 heterocycles. The lowest BCUT2D eigenvalue weighted by Crippen LogP contribution is -2.36. The highest BCUT2D eigenvalue weighted by Gasteiger charge is 2.29. The predicted octanol–water partition coefficient (Wildman–Crippen LogP) is 1.77. The van der Waals surface area contributed by atoms with Gasteiger partial charge in [-0.25, -0.2) is 8.42 Å². The van der Waals surface area contributed by atoms with E-state index < -0.39 is 10.0 Å². The Hall–Kier alpha value is -1.35. The van der Waals surface area contributed by atoms with Crippen LogP contribution in [0.1, 0.15) is 42.5 Å². The Morgan fingerprint density at radius 1 is 1.22 bits per heavy atom. The summed E-state index contributed by atoms with van der Waals surface area (Å²) in [5.74, 6) is 0.0157. The average Bonchev–Trinajstić information content (AvgIpc) is 2.99. The number of hydrogen-bond donors (Lipinski definition) is 2. The quantitative estimate of drug-likeness (QED) is 0.762. The van der Waals surface area contributed by atoms with Crippen molar-refractivity contribution in [3.8, 4) is 5.75 Å². The molecule has 152 valence electrons. The van der Waals surface area contributed by atoms with Gasteiger partial charge in [-0.05, 0) is 44.0 Å². The average molecular weight is 418 g/mol. The van der Waals surface area contributed by atoms with Crippen molar-refractivity contribution in [3.63, 3.8) is 0 Å². The molecule has 1 atom stereocenters. The maximum Gasteiger partial charge on any atom is 0.251 e. The van der Waals surface area contributed by atoms with Gasteiger partial charge in [0.2, 0.25) is 10.0 Å². The summed E-state index contributed by atoms with van der Waals surface area (Å²) in [6, 6.07) is 4.69. The maximum absolute atomic E-state index is 13.1. The molecule has 2 fully saturated rings. The van der Waals surface area contributed by atoms with Crippen LogP contribution in [0.2, 0.25) is 0 Å². The molecular formula is C18H28ClN3O4S. The minimum Gasteiger partial charge on any atom is -0.495 e. The molecule has 27 heavy (non-hydrogen) atoms. The first-order valence-corrected chi connectivity index (χ1v) is 10.7. The lowest BCUT2D eigenvalue weighted by atomic mass is 10.2. The molecule has 2 saturated heterocycles. The third kappa shape index (κ3) is 5.13. The zero-order chi connectivity index (χ0) is 18.6. The predicted molar refractivity (Wildman–Crippen MR) is 106 cm³/mol. The van der Waals surface area contributed by atoms with Crippen molar-refractivity contribution in [2.24, 2.45) is 0 Å². The SMILES string of the molecule is COc1ccc(C(=O)NC2CCNC2)cc1S(=O)(=O)N1CCCCCC1.Cl. The van der Waals surface area contributed by atoms with Crippen LogP contribution in [0.5, 0.6) is 5.75 Å². The summed E-state index contributed by atoms with van der Waals surface area (Å²) < 4.78 is 33.1. The molecule has 0 aromatic heterocycles. The second-order valence-electron chi connectivity index (χ2n) is 6.85. The molecule has 3 rings (SSSR count). The molecule has 0 aliphatic carbocycles. The molecule has 2 aliphatic heterocycles. The van der Waals surface area contributed by atoms with E-state index >= 15 is 0 Å². The second kappa shape index (κ2) is 9.73. The van der Waals surface area contributed by atoms with Gasteiger partial charge >= 0.3 is 0 Å². The summed E-state index contributed by atoms with van der Waals surface area (Å²) in [4.78, 5) is 12.6. The number of carbonyl (C=O) groups is 1. The van der Waals surface area contributed by atoms with E-state index in [1.54, 1.807) is 12.1 Å². The number of amides is 1. The molecule has 1 unspecified atom stereocenters. The van der Waals surface area contributed by atoms with Crippen molar-refractivity contribution in [1.29, 1.82) is 0 Å². The number of sulfonamides is 1. The highest BCUT2D eigenvalue weighted by Crippen LogP contribution is 2.29. The van der Waals surface area contributed by atoms with Crippen LogP contribution in [-0.2, 0) is 10.0 Å². The number of methoxy groups -OCH3 is 1. The number of nitrogens with zero attached hydrogens (tertiary/aromatic N) is 1. The van der Waals surface area contributed by atoms with E-state index in [1.165, 1.54) is 17.5 Å². The second-order valence-corrected chi connectivity index (χ2v) is 8.75. The first kappa shape index (κ1) is 21.9. The van der Waals surface area contributed by atoms with Crippen molar-refractivity contribution in [2.45, 2.75) is 43.0 Å². The number of halogens is 1. The van der Waals surface area contributed by atoms with E-state index in [0.717, 1.165) is 45.2 Å². The van der Waals surface area contributed by atoms with Crippen molar-refractivity contribution in [3.05, 3.63) is 23.8 Å². The minimum absolute atomic E-state index is 0. The number of carbonyl (C=O) groups excluding carboxylic acids is 1. The molecule has 7 nitrogen and oxygen atoms in total. The van der Waals surface area contributed by atoms with E-state index in [-0.39, 0.29) is 35.0 Å². The first-order valence-electron chi connectivity index (χ1n) is 9.22. The van der Waals surface area contributed by atoms with E-state index in [0.29, 0.717) is 18.7 Å². The van der Waals surface area contributed by atoms with E-state index in [4.69, 9.17) is 4.74 Å². The fourth-order valence-electron chi connectivity index (χ4n) is 3.49. The number of ether oxygens (including phenoxy) is 1. The topological polar surface area (TPSA) is 87.7 Å². The van der Waals surface area contributed by atoms with Crippen molar-refractivity contribution >= 4 is 28.3 Å². The van der Waals surface area contributed by atoms with Gasteiger partial charge in [0.15, 0.2) is 0 Å². The van der Waals surface area contributed by atoms with E-state index in [2.05, 4.69) is 10.6 Å². The highest BCUT2D eigenvalue weighted by molar-refractivity contribution is 7.89. The summed E-state index contributed by atoms with van der Waals surface area (Å²) in [5.41, 5.74) is 0.339. The standard InChI is InChI=1S/C18H27N3O4S.ClH/c1-25-16-7-6-14(18(22)20-15-8-9-19-13-15)12-17(16)26(23,24)21-10-4-2-3-5-11-21;/h6-7,12,15,19H,2-5,8-11,13H2,1H3,(H,20,22);1H. The van der Waals surface area contributed by atoms with Crippen LogP contribution in [0.4, 0.5) is 0 Å². The van der Waals surface area contributed by atoms with Gasteiger partial charge in [0.25, 0.3) is 5.91 Å². The van der Waals surface area contributed by atoms with Crippen LogP contribution in [0.25, 0.3) is 0 Å². The van der Waals surface area contributed by atoms with E-state index in [9.17, 15) is 13.2 Å². The van der Waals surface area contributed by atoms with Gasteiger partial charge in [-0.15, -0.1) is 12.4 Å². The molecule has 2 aliphatic rings. The highest BCUT2D eigenvalue weighted by atomic mass is 35.5. The van der Waals surface area contributed by atoms with Crippen molar-refractivity contribution in [1.82, 2.24) is 14.9 Å². The Morgan fingerprint density at radius 3 is 2.52 bits per heavy atom. The van der Waals surface area contributed by atoms with Crippen molar-refractivity contribution in [2.75, 3.05) is 33.3 Å². The summed E-state index contributed by atoms with van der Waals surface area (Å²) in [5, 5.41) is 6.14. The number of nitrogens with one attached hydrogen (secondary N) is 2. The summed E-state index contributed by atoms with van der Waals surface area (Å²) >= 11 is 0. The van der Waals surface area contributed by atoms with Gasteiger partial charge in [-0.3, -0.25) is 4.79 Å². The van der Waals surface area contributed by atoms with Crippen LogP contribution in [0.3, 0.4) is 0 Å². The molecule has 0 spiro atoms. The van der Waals surface area contributed by atoms with Gasteiger partial charge in [0.05, 0.1) is 7.11 Å². The molecule has 1 aromatic rings. The van der Waals surface area contributed by atoms with Gasteiger partial charge in [0, 0.05) is 31.2 Å². The van der Waals surface area contributed by atoms with Crippen LogP contribution < -0.4 is 15.4 Å². The van der Waals surface area contributed by atoms with Gasteiger partial charge in [-0.2, -0.15) is 4.31 Å². The Morgan fingerprint density at radius 2 is 1.93 bits per heavy atom. The molecular weight excluding hydrogens is 390 g/mol. The molecule has 1 aromatic carbocycles. The van der Waals surface area contributed by atoms with Crippen LogP contribution in [0, 0.1) is 0 Å². The Bertz CT molecular complexity index is 743. The summed E-state index contributed by atoms with van der Waals surface area (Å²) in [6.45, 7) is 2.63. The van der Waals surface area contributed by atoms with E-state index in [1.807, 2.05) is 0 Å². The molecule has 0 radical (unpaired) electrons. The van der Waals surface area contributed by atoms with Gasteiger partial charge in [-0.1, -0.05) is 12.8 Å². The lowest BCUT2D eigenvalue weighted by Gasteiger charge is -2.22. The largest absolute Gasteiger partial charge is 0.495 e. The van der Waals surface area contributed by atoms with Crippen LogP contribution in [-0.4, -0.2) is 58.0 Å². The molecule has 0 saturated carbocycles. The fourth-order valence-corrected chi connectivity index (χ4v) is 5.19. The Kier molecular flexibility index (Phi) is 7.91. The normalized spacial score (nSPS) is 21.1. The number of benzene rings is 1. The van der Waals surface area contributed by atoms with Gasteiger partial charge in [0.1, 0.15) is 10.6 Å². The zero-order valence-corrected chi connectivity index (χ0v) is 17.2. The monoisotopic (exact) mass is 417 g/mol. The Balaban J connectivity index is 0.00000261. The van der Waals surface area contributed by atoms with Crippen LogP contribution >= 0.6 is 12.4 Å². The molecule has 0 bridgehead atoms. The van der Waals surface area contributed by atoms with Crippen molar-refractivity contribution < 1.29 is 17.9 Å². The molecule has 1 amide bonds. The fraction of sp³-hybridized carbons (Fsp3) is 0.611. The zero-order valence-electron chi connectivity index (χ0n) is 15.6. The first-order chi connectivity index (χ1) is 12.5. The number of rotatable bonds is 5. The summed E-state index contributed by atoms with van der Waals surface area (Å²) in [7, 11) is -2.25. The smallest absolute Gasteiger partial charge is 0.251 e. The van der Waals surface area contributed by atoms with Crippen LogP contribution in [0.15, 0.2) is 23.1 Å². The maximum atomic E-state index is 13.1. The third-order valence-corrected chi connectivity index (χ3v) is 6.92. The minimum atomic E-state index is -3.70. The lowest BCUT2D eigenvalue weighted by molar-refractivity contribution is 0.0940. The number of hydrogen-bond acceptors (Lipinski definition) is 5. The third-order valence-electron chi connectivity index (χ3n) is 5.00. The molecule has 9 heteroatoms. The summed E-state index contributed by atoms with van der Waals surface area (Å²) in [6.07, 6.45) is 4.68. The molecule has 2 N–H and O–H groups in total. The van der Waals surface area contributed by atoms with Gasteiger partial charge < -0.3 is 15.4 Å². The Labute approximate surface area is 167 Å².